The molecule has 192 valence electrons. The number of rotatable bonds is 14. The van der Waals surface area contributed by atoms with Crippen LogP contribution in [0, 0.1) is 11.8 Å². The van der Waals surface area contributed by atoms with Gasteiger partial charge in [-0.2, -0.15) is 0 Å². The molecule has 2 unspecified atom stereocenters. The first-order valence-electron chi connectivity index (χ1n) is 13.0. The molecular formula is C26H42N2O5S. The van der Waals surface area contributed by atoms with Crippen molar-refractivity contribution in [1.29, 1.82) is 0 Å². The Labute approximate surface area is 208 Å². The SMILES string of the molecule is C=CCN(CCCCC)C(=O)C1N(CCCCCO)C(=O)[C@@H]2[C@@H](C(=O)OCC)[C@@]3(C)CCC12S3. The molecule has 3 fully saturated rings. The number of hydrogen-bond donors (Lipinski definition) is 1. The predicted molar refractivity (Wildman–Crippen MR) is 134 cm³/mol. The molecule has 3 heterocycles. The topological polar surface area (TPSA) is 87.2 Å². The van der Waals surface area contributed by atoms with Gasteiger partial charge in [0.25, 0.3) is 0 Å². The zero-order chi connectivity index (χ0) is 24.9. The molecule has 3 aliphatic heterocycles. The van der Waals surface area contributed by atoms with E-state index in [1.165, 1.54) is 0 Å². The molecule has 0 saturated carbocycles. The number of fused-ring (bicyclic) bond motifs is 1. The number of unbranched alkanes of at least 4 members (excludes halogenated alkanes) is 4. The maximum absolute atomic E-state index is 14.1. The Bertz CT molecular complexity index is 776. The summed E-state index contributed by atoms with van der Waals surface area (Å²) in [6, 6.07) is -0.577. The van der Waals surface area contributed by atoms with Crippen LogP contribution in [0.3, 0.4) is 0 Å². The standard InChI is InChI=1S/C26H42N2O5S/c1-5-8-10-16-27(15-6-2)23(31)21-26-14-13-25(4,34-26)20(24(32)33-7-3)19(26)22(30)28(21)17-11-9-12-18-29/h6,19-21,29H,2,5,7-18H2,1,3-4H3/t19-,20-,21?,25+,26?/m0/s1. The number of carbonyl (C=O) groups is 3. The molecule has 2 amide bonds. The summed E-state index contributed by atoms with van der Waals surface area (Å²) in [5.74, 6) is -1.46. The molecule has 0 aromatic heterocycles. The van der Waals surface area contributed by atoms with Crippen molar-refractivity contribution in [2.45, 2.75) is 87.7 Å². The van der Waals surface area contributed by atoms with E-state index < -0.39 is 22.6 Å². The van der Waals surface area contributed by atoms with Gasteiger partial charge in [-0.3, -0.25) is 14.4 Å². The molecule has 2 bridgehead atoms. The first-order chi connectivity index (χ1) is 16.3. The third-order valence-corrected chi connectivity index (χ3v) is 9.79. The number of amides is 2. The van der Waals surface area contributed by atoms with Crippen molar-refractivity contribution >= 4 is 29.5 Å². The summed E-state index contributed by atoms with van der Waals surface area (Å²) in [5.41, 5.74) is 0. The Balaban J connectivity index is 1.96. The number of nitrogens with zero attached hydrogens (tertiary/aromatic N) is 2. The molecule has 3 rings (SSSR count). The molecule has 5 atom stereocenters. The van der Waals surface area contributed by atoms with Crippen LogP contribution in [0.1, 0.15) is 72.1 Å². The van der Waals surface area contributed by atoms with Crippen LogP contribution in [-0.2, 0) is 19.1 Å². The van der Waals surface area contributed by atoms with E-state index in [9.17, 15) is 19.5 Å². The predicted octanol–water partition coefficient (Wildman–Crippen LogP) is 3.40. The minimum atomic E-state index is -0.596. The molecule has 1 spiro atoms. The van der Waals surface area contributed by atoms with E-state index in [2.05, 4.69) is 20.4 Å². The number of likely N-dealkylation sites (tertiary alicyclic amines) is 1. The number of aliphatic hydroxyl groups is 1. The van der Waals surface area contributed by atoms with Crippen molar-refractivity contribution in [3.05, 3.63) is 12.7 Å². The minimum absolute atomic E-state index is 0.0183. The van der Waals surface area contributed by atoms with E-state index >= 15 is 0 Å². The van der Waals surface area contributed by atoms with Crippen LogP contribution in [0.2, 0.25) is 0 Å². The van der Waals surface area contributed by atoms with Crippen molar-refractivity contribution < 1.29 is 24.2 Å². The van der Waals surface area contributed by atoms with Crippen molar-refractivity contribution in [2.24, 2.45) is 11.8 Å². The maximum atomic E-state index is 14.1. The number of thioether (sulfide) groups is 1. The molecule has 3 saturated heterocycles. The van der Waals surface area contributed by atoms with Gasteiger partial charge in [0.15, 0.2) is 0 Å². The van der Waals surface area contributed by atoms with E-state index in [0.717, 1.165) is 44.9 Å². The highest BCUT2D eigenvalue weighted by molar-refractivity contribution is 8.02. The van der Waals surface area contributed by atoms with Crippen LogP contribution >= 0.6 is 11.8 Å². The van der Waals surface area contributed by atoms with Gasteiger partial charge in [0, 0.05) is 31.0 Å². The van der Waals surface area contributed by atoms with E-state index in [-0.39, 0.29) is 35.7 Å². The number of aliphatic hydroxyl groups excluding tert-OH is 1. The molecule has 34 heavy (non-hydrogen) atoms. The summed E-state index contributed by atoms with van der Waals surface area (Å²) in [7, 11) is 0. The lowest BCUT2D eigenvalue weighted by Crippen LogP contribution is -2.55. The second kappa shape index (κ2) is 11.5. The summed E-state index contributed by atoms with van der Waals surface area (Å²) >= 11 is 1.69. The van der Waals surface area contributed by atoms with Crippen molar-refractivity contribution in [2.75, 3.05) is 32.8 Å². The van der Waals surface area contributed by atoms with Gasteiger partial charge in [-0.25, -0.2) is 0 Å². The molecule has 7 nitrogen and oxygen atoms in total. The fourth-order valence-corrected chi connectivity index (χ4v) is 8.62. The zero-order valence-corrected chi connectivity index (χ0v) is 21.9. The molecule has 3 aliphatic rings. The molecule has 1 N–H and O–H groups in total. The normalized spacial score (nSPS) is 31.6. The van der Waals surface area contributed by atoms with Gasteiger partial charge in [-0.1, -0.05) is 25.8 Å². The Morgan fingerprint density at radius 1 is 1.24 bits per heavy atom. The Morgan fingerprint density at radius 2 is 2.00 bits per heavy atom. The third-order valence-electron chi connectivity index (χ3n) is 7.80. The van der Waals surface area contributed by atoms with Crippen LogP contribution in [-0.4, -0.2) is 81.1 Å². The molecule has 0 aromatic rings. The van der Waals surface area contributed by atoms with Crippen LogP contribution in [0.15, 0.2) is 12.7 Å². The molecule has 8 heteroatoms. The van der Waals surface area contributed by atoms with Gasteiger partial charge in [-0.05, 0) is 52.4 Å². The summed E-state index contributed by atoms with van der Waals surface area (Å²) in [4.78, 5) is 44.7. The van der Waals surface area contributed by atoms with E-state index in [1.807, 2.05) is 4.90 Å². The summed E-state index contributed by atoms with van der Waals surface area (Å²) in [6.45, 7) is 11.8. The third kappa shape index (κ3) is 4.77. The van der Waals surface area contributed by atoms with Gasteiger partial charge >= 0.3 is 5.97 Å². The molecule has 0 aliphatic carbocycles. The lowest BCUT2D eigenvalue weighted by molar-refractivity contribution is -0.155. The molecular weight excluding hydrogens is 452 g/mol. The zero-order valence-electron chi connectivity index (χ0n) is 21.1. The van der Waals surface area contributed by atoms with Gasteiger partial charge < -0.3 is 19.6 Å². The second-order valence-corrected chi connectivity index (χ2v) is 12.0. The maximum Gasteiger partial charge on any atom is 0.311 e. The number of esters is 1. The Hall–Kier alpha value is -1.54. The monoisotopic (exact) mass is 494 g/mol. The fraction of sp³-hybridized carbons (Fsp3) is 0.808. The smallest absolute Gasteiger partial charge is 0.311 e. The first kappa shape index (κ1) is 27.1. The van der Waals surface area contributed by atoms with E-state index in [1.54, 1.807) is 29.7 Å². The quantitative estimate of drug-likeness (QED) is 0.226. The largest absolute Gasteiger partial charge is 0.466 e. The Kier molecular flexibility index (Phi) is 9.12. The van der Waals surface area contributed by atoms with Gasteiger partial charge in [0.1, 0.15) is 6.04 Å². The van der Waals surface area contributed by atoms with Gasteiger partial charge in [-0.15, -0.1) is 18.3 Å². The Morgan fingerprint density at radius 3 is 2.65 bits per heavy atom. The fourth-order valence-electron chi connectivity index (χ4n) is 6.28. The number of carbonyl (C=O) groups excluding carboxylic acids is 3. The average molecular weight is 495 g/mol. The van der Waals surface area contributed by atoms with Crippen molar-refractivity contribution in [3.63, 3.8) is 0 Å². The van der Waals surface area contributed by atoms with Crippen molar-refractivity contribution in [1.82, 2.24) is 9.80 Å². The number of hydrogen-bond acceptors (Lipinski definition) is 6. The van der Waals surface area contributed by atoms with E-state index in [0.29, 0.717) is 26.1 Å². The minimum Gasteiger partial charge on any atom is -0.466 e. The van der Waals surface area contributed by atoms with Crippen molar-refractivity contribution in [3.8, 4) is 0 Å². The van der Waals surface area contributed by atoms with Crippen LogP contribution in [0.25, 0.3) is 0 Å². The average Bonchev–Trinajstić information content (AvgIpc) is 3.37. The molecule has 0 radical (unpaired) electrons. The highest BCUT2D eigenvalue weighted by atomic mass is 32.2. The van der Waals surface area contributed by atoms with Crippen LogP contribution in [0.5, 0.6) is 0 Å². The lowest BCUT2D eigenvalue weighted by Gasteiger charge is -2.37. The summed E-state index contributed by atoms with van der Waals surface area (Å²) in [5, 5.41) is 9.17. The lowest BCUT2D eigenvalue weighted by atomic mass is 9.66. The highest BCUT2D eigenvalue weighted by Gasteiger charge is 2.77. The van der Waals surface area contributed by atoms with Gasteiger partial charge in [0.05, 0.1) is 23.2 Å². The summed E-state index contributed by atoms with van der Waals surface area (Å²) in [6.07, 6.45) is 8.51. The van der Waals surface area contributed by atoms with Gasteiger partial charge in [0.2, 0.25) is 11.8 Å². The van der Waals surface area contributed by atoms with E-state index in [4.69, 9.17) is 4.74 Å². The second-order valence-electron chi connectivity index (χ2n) is 10.1. The highest BCUT2D eigenvalue weighted by Crippen LogP contribution is 2.71. The summed E-state index contributed by atoms with van der Waals surface area (Å²) < 4.78 is 4.45. The van der Waals surface area contributed by atoms with Crippen LogP contribution < -0.4 is 0 Å². The molecule has 0 aromatic carbocycles. The first-order valence-corrected chi connectivity index (χ1v) is 13.8. The number of ether oxygens (including phenoxy) is 1. The van der Waals surface area contributed by atoms with Crippen LogP contribution in [0.4, 0.5) is 0 Å².